The number of nitrogens with zero attached hydrogens (tertiary/aromatic N) is 5. The number of hydrogen-bond acceptors (Lipinski definition) is 4. The zero-order valence-corrected chi connectivity index (χ0v) is 13.5. The minimum Gasteiger partial charge on any atom is -0.213 e. The highest BCUT2D eigenvalue weighted by Gasteiger charge is 2.13. The topological polar surface area (TPSA) is 56.5 Å². The van der Waals surface area contributed by atoms with Gasteiger partial charge in [0.15, 0.2) is 11.5 Å². The van der Waals surface area contributed by atoms with Crippen molar-refractivity contribution in [2.24, 2.45) is 0 Å². The summed E-state index contributed by atoms with van der Waals surface area (Å²) < 4.78 is 0.616. The molecular weight excluding hydrogens is 412 g/mol. The van der Waals surface area contributed by atoms with Gasteiger partial charge in [-0.2, -0.15) is 9.90 Å². The fourth-order valence-corrected chi connectivity index (χ4v) is 2.19. The Hall–Kier alpha value is -1.25. The van der Waals surface area contributed by atoms with E-state index < -0.39 is 0 Å². The number of aromatic nitrogens is 5. The molecule has 0 aliphatic rings. The van der Waals surface area contributed by atoms with E-state index >= 15 is 0 Å². The van der Waals surface area contributed by atoms with Gasteiger partial charge in [-0.25, -0.2) is 9.97 Å². The van der Waals surface area contributed by atoms with Crippen LogP contribution in [0, 0.1) is 3.57 Å². The van der Waals surface area contributed by atoms with E-state index in [2.05, 4.69) is 20.2 Å². The third-order valence-corrected chi connectivity index (χ3v) is 4.68. The quantitative estimate of drug-likeness (QED) is 0.472. The fourth-order valence-electron chi connectivity index (χ4n) is 1.56. The molecular formula is C12H6Cl2IN5. The van der Waals surface area contributed by atoms with Crippen molar-refractivity contribution in [3.8, 4) is 17.2 Å². The van der Waals surface area contributed by atoms with E-state index in [1.165, 1.54) is 4.80 Å². The summed E-state index contributed by atoms with van der Waals surface area (Å²) in [5.74, 6) is 0.350. The second kappa shape index (κ2) is 5.63. The number of benzene rings is 1. The van der Waals surface area contributed by atoms with E-state index in [1.807, 2.05) is 52.9 Å². The maximum atomic E-state index is 5.99. The molecule has 100 valence electrons. The predicted molar refractivity (Wildman–Crippen MR) is 85.1 cm³/mol. The van der Waals surface area contributed by atoms with Crippen LogP contribution in [-0.4, -0.2) is 25.0 Å². The summed E-state index contributed by atoms with van der Waals surface area (Å²) in [6, 6.07) is 9.55. The van der Waals surface area contributed by atoms with Crippen LogP contribution in [0.3, 0.4) is 0 Å². The van der Waals surface area contributed by atoms with Gasteiger partial charge in [0.1, 0.15) is 10.3 Å². The van der Waals surface area contributed by atoms with E-state index in [0.29, 0.717) is 25.4 Å². The van der Waals surface area contributed by atoms with Crippen LogP contribution in [0.4, 0.5) is 0 Å². The highest BCUT2D eigenvalue weighted by molar-refractivity contribution is 14.1. The molecule has 1 aromatic carbocycles. The first-order chi connectivity index (χ1) is 9.65. The minimum absolute atomic E-state index is 0.301. The molecule has 20 heavy (non-hydrogen) atoms. The Morgan fingerprint density at radius 3 is 2.30 bits per heavy atom. The average Bonchev–Trinajstić information content (AvgIpc) is 2.95. The molecule has 0 fully saturated rings. The fraction of sp³-hybridized carbons (Fsp3) is 0. The number of para-hydroxylation sites is 1. The molecule has 0 aliphatic heterocycles. The van der Waals surface area contributed by atoms with Crippen LogP contribution in [0.2, 0.25) is 10.3 Å². The summed E-state index contributed by atoms with van der Waals surface area (Å²) in [7, 11) is 0. The molecule has 0 unspecified atom stereocenters. The Kier molecular flexibility index (Phi) is 3.86. The minimum atomic E-state index is 0.301. The van der Waals surface area contributed by atoms with E-state index in [9.17, 15) is 0 Å². The second-order valence-corrected chi connectivity index (χ2v) is 5.59. The standard InChI is InChI=1S/C12H6Cl2IN5/c13-10-9(15)11(14)18-12(17-10)8-6-16-20(19-8)7-4-2-1-3-5-7/h1-6H. The molecule has 5 nitrogen and oxygen atoms in total. The summed E-state index contributed by atoms with van der Waals surface area (Å²) in [5, 5.41) is 9.11. The molecule has 0 bridgehead atoms. The molecule has 8 heteroatoms. The molecule has 0 saturated heterocycles. The van der Waals surface area contributed by atoms with Crippen molar-refractivity contribution in [1.29, 1.82) is 0 Å². The van der Waals surface area contributed by atoms with Crippen LogP contribution < -0.4 is 0 Å². The van der Waals surface area contributed by atoms with Gasteiger partial charge >= 0.3 is 0 Å². The van der Waals surface area contributed by atoms with Crippen molar-refractivity contribution >= 4 is 45.8 Å². The molecule has 0 atom stereocenters. The second-order valence-electron chi connectivity index (χ2n) is 3.80. The molecule has 0 radical (unpaired) electrons. The Labute approximate surface area is 138 Å². The van der Waals surface area contributed by atoms with Gasteiger partial charge in [-0.05, 0) is 34.7 Å². The molecule has 0 amide bonds. The Morgan fingerprint density at radius 1 is 1.00 bits per heavy atom. The lowest BCUT2D eigenvalue weighted by Gasteiger charge is -2.01. The highest BCUT2D eigenvalue weighted by atomic mass is 127. The van der Waals surface area contributed by atoms with Gasteiger partial charge in [-0.1, -0.05) is 41.4 Å². The molecule has 0 spiro atoms. The molecule has 2 heterocycles. The summed E-state index contributed by atoms with van der Waals surface area (Å²) in [5.41, 5.74) is 1.36. The van der Waals surface area contributed by atoms with Crippen LogP contribution >= 0.6 is 45.8 Å². The first-order valence-electron chi connectivity index (χ1n) is 5.52. The van der Waals surface area contributed by atoms with Crippen LogP contribution in [-0.2, 0) is 0 Å². The molecule has 3 rings (SSSR count). The monoisotopic (exact) mass is 417 g/mol. The van der Waals surface area contributed by atoms with Crippen LogP contribution in [0.15, 0.2) is 36.5 Å². The molecule has 0 saturated carbocycles. The van der Waals surface area contributed by atoms with Gasteiger partial charge in [0.25, 0.3) is 0 Å². The maximum Gasteiger partial charge on any atom is 0.184 e. The van der Waals surface area contributed by atoms with Gasteiger partial charge in [-0.3, -0.25) is 0 Å². The summed E-state index contributed by atoms with van der Waals surface area (Å²) >= 11 is 14.0. The van der Waals surface area contributed by atoms with Crippen molar-refractivity contribution in [2.45, 2.75) is 0 Å². The smallest absolute Gasteiger partial charge is 0.184 e. The van der Waals surface area contributed by atoms with Crippen LogP contribution in [0.5, 0.6) is 0 Å². The first kappa shape index (κ1) is 13.7. The van der Waals surface area contributed by atoms with Crippen molar-refractivity contribution in [2.75, 3.05) is 0 Å². The van der Waals surface area contributed by atoms with Gasteiger partial charge in [0.2, 0.25) is 0 Å². The number of halogens is 3. The van der Waals surface area contributed by atoms with E-state index in [0.717, 1.165) is 5.69 Å². The molecule has 2 aromatic heterocycles. The predicted octanol–water partition coefficient (Wildman–Crippen LogP) is 3.64. The summed E-state index contributed by atoms with van der Waals surface area (Å²) in [4.78, 5) is 9.81. The van der Waals surface area contributed by atoms with E-state index in [4.69, 9.17) is 23.2 Å². The third kappa shape index (κ3) is 2.63. The zero-order valence-electron chi connectivity index (χ0n) is 9.83. The van der Waals surface area contributed by atoms with E-state index in [-0.39, 0.29) is 0 Å². The van der Waals surface area contributed by atoms with Crippen molar-refractivity contribution in [3.05, 3.63) is 50.4 Å². The lowest BCUT2D eigenvalue weighted by atomic mass is 10.3. The Balaban J connectivity index is 2.03. The third-order valence-electron chi connectivity index (χ3n) is 2.48. The van der Waals surface area contributed by atoms with Gasteiger partial charge in [0, 0.05) is 0 Å². The highest BCUT2D eigenvalue weighted by Crippen LogP contribution is 2.25. The van der Waals surface area contributed by atoms with Crippen LogP contribution in [0.25, 0.3) is 17.2 Å². The normalized spacial score (nSPS) is 10.8. The Morgan fingerprint density at radius 2 is 1.65 bits per heavy atom. The maximum absolute atomic E-state index is 5.99. The summed E-state index contributed by atoms with van der Waals surface area (Å²) in [6.07, 6.45) is 1.57. The van der Waals surface area contributed by atoms with E-state index in [1.54, 1.807) is 6.20 Å². The summed E-state index contributed by atoms with van der Waals surface area (Å²) in [6.45, 7) is 0. The van der Waals surface area contributed by atoms with Gasteiger partial charge in [-0.15, -0.1) is 5.10 Å². The lowest BCUT2D eigenvalue weighted by Crippen LogP contribution is -1.99. The van der Waals surface area contributed by atoms with Crippen molar-refractivity contribution in [1.82, 2.24) is 25.0 Å². The zero-order chi connectivity index (χ0) is 14.1. The molecule has 0 N–H and O–H groups in total. The average molecular weight is 418 g/mol. The SMILES string of the molecule is Clc1nc(-c2cnn(-c3ccccc3)n2)nc(Cl)c1I. The largest absolute Gasteiger partial charge is 0.213 e. The van der Waals surface area contributed by atoms with Crippen molar-refractivity contribution < 1.29 is 0 Å². The van der Waals surface area contributed by atoms with Crippen molar-refractivity contribution in [3.63, 3.8) is 0 Å². The Bertz CT molecular complexity index is 737. The molecule has 0 aliphatic carbocycles. The molecule has 3 aromatic rings. The van der Waals surface area contributed by atoms with Gasteiger partial charge < -0.3 is 0 Å². The first-order valence-corrected chi connectivity index (χ1v) is 7.35. The van der Waals surface area contributed by atoms with Crippen LogP contribution in [0.1, 0.15) is 0 Å². The lowest BCUT2D eigenvalue weighted by molar-refractivity contribution is 0.752. The number of rotatable bonds is 2. The number of hydrogen-bond donors (Lipinski definition) is 0. The van der Waals surface area contributed by atoms with Gasteiger partial charge in [0.05, 0.1) is 15.5 Å².